The van der Waals surface area contributed by atoms with Gasteiger partial charge in [-0.15, -0.1) is 6.58 Å². The molecule has 2 aromatic rings. The van der Waals surface area contributed by atoms with Gasteiger partial charge < -0.3 is 31.2 Å². The van der Waals surface area contributed by atoms with Crippen LogP contribution in [0, 0.1) is 0 Å². The first kappa shape index (κ1) is 22.1. The van der Waals surface area contributed by atoms with E-state index < -0.39 is 17.9 Å². The van der Waals surface area contributed by atoms with E-state index in [1.54, 1.807) is 35.7 Å². The SMILES string of the molecule is C=CCNC(=S)Nc1cccc(NC(=O)C[C@H]([NH2+]Cc2ccccc2)C(=O)[O-])c1. The maximum atomic E-state index is 12.3. The van der Waals surface area contributed by atoms with Gasteiger partial charge in [0.15, 0.2) is 5.11 Å². The molecule has 0 aliphatic carbocycles. The molecular formula is C21H24N4O3S. The van der Waals surface area contributed by atoms with Crippen LogP contribution in [0.15, 0.2) is 67.3 Å². The molecule has 2 aromatic carbocycles. The molecule has 0 radical (unpaired) electrons. The van der Waals surface area contributed by atoms with E-state index in [0.29, 0.717) is 29.6 Å². The first-order chi connectivity index (χ1) is 14.0. The van der Waals surface area contributed by atoms with Crippen molar-refractivity contribution in [2.75, 3.05) is 17.2 Å². The maximum Gasteiger partial charge on any atom is 0.230 e. The molecule has 29 heavy (non-hydrogen) atoms. The van der Waals surface area contributed by atoms with Gasteiger partial charge in [0.2, 0.25) is 5.91 Å². The first-order valence-corrected chi connectivity index (χ1v) is 9.52. The summed E-state index contributed by atoms with van der Waals surface area (Å²) < 4.78 is 0. The number of hydrogen-bond donors (Lipinski definition) is 4. The van der Waals surface area contributed by atoms with E-state index >= 15 is 0 Å². The van der Waals surface area contributed by atoms with Crippen LogP contribution in [0.5, 0.6) is 0 Å². The van der Waals surface area contributed by atoms with Crippen LogP contribution in [0.25, 0.3) is 0 Å². The van der Waals surface area contributed by atoms with Gasteiger partial charge in [-0.2, -0.15) is 0 Å². The Bertz CT molecular complexity index is 858. The van der Waals surface area contributed by atoms with Crippen LogP contribution in [0.3, 0.4) is 0 Å². The van der Waals surface area contributed by atoms with Crippen LogP contribution in [0.1, 0.15) is 12.0 Å². The summed E-state index contributed by atoms with van der Waals surface area (Å²) >= 11 is 5.15. The molecule has 5 N–H and O–H groups in total. The maximum absolute atomic E-state index is 12.3. The van der Waals surface area contributed by atoms with Crippen LogP contribution in [-0.4, -0.2) is 29.6 Å². The summed E-state index contributed by atoms with van der Waals surface area (Å²) in [6.07, 6.45) is 1.49. The fourth-order valence-corrected chi connectivity index (χ4v) is 2.78. The number of hydrogen-bond acceptors (Lipinski definition) is 4. The number of thiocarbonyl (C=S) groups is 1. The number of quaternary nitrogens is 1. The van der Waals surface area contributed by atoms with Gasteiger partial charge in [-0.25, -0.2) is 0 Å². The highest BCUT2D eigenvalue weighted by atomic mass is 32.1. The zero-order valence-electron chi connectivity index (χ0n) is 15.9. The van der Waals surface area contributed by atoms with E-state index in [-0.39, 0.29) is 6.42 Å². The summed E-state index contributed by atoms with van der Waals surface area (Å²) in [5.41, 5.74) is 2.20. The largest absolute Gasteiger partial charge is 0.544 e. The molecule has 1 atom stereocenters. The monoisotopic (exact) mass is 412 g/mol. The Kier molecular flexibility index (Phi) is 8.81. The number of anilines is 2. The highest BCUT2D eigenvalue weighted by Crippen LogP contribution is 2.15. The Hall–Kier alpha value is -3.23. The standard InChI is InChI=1S/C21H24N4O3S/c1-2-11-22-21(29)25-17-10-6-9-16(12-17)24-19(26)13-18(20(27)28)23-14-15-7-4-3-5-8-15/h2-10,12,18,23H,1,11,13-14H2,(H,24,26)(H,27,28)(H2,22,25,29)/t18-/m0/s1. The van der Waals surface area contributed by atoms with Gasteiger partial charge in [-0.3, -0.25) is 4.79 Å². The summed E-state index contributed by atoms with van der Waals surface area (Å²) in [5, 5.41) is 22.1. The zero-order valence-corrected chi connectivity index (χ0v) is 16.7. The normalized spacial score (nSPS) is 11.2. The topological polar surface area (TPSA) is 110 Å². The number of rotatable bonds is 10. The number of carboxylic acids is 1. The molecule has 0 saturated heterocycles. The van der Waals surface area contributed by atoms with Crippen molar-refractivity contribution in [3.63, 3.8) is 0 Å². The third kappa shape index (κ3) is 8.12. The Morgan fingerprint density at radius 3 is 2.45 bits per heavy atom. The van der Waals surface area contributed by atoms with E-state index in [9.17, 15) is 14.7 Å². The van der Waals surface area contributed by atoms with Crippen molar-refractivity contribution in [2.24, 2.45) is 0 Å². The lowest BCUT2D eigenvalue weighted by Crippen LogP contribution is -2.92. The van der Waals surface area contributed by atoms with Crippen molar-refractivity contribution in [1.29, 1.82) is 0 Å². The number of carbonyl (C=O) groups is 2. The van der Waals surface area contributed by atoms with Gasteiger partial charge >= 0.3 is 0 Å². The third-order valence-electron chi connectivity index (χ3n) is 4.00. The Balaban J connectivity index is 1.90. The lowest BCUT2D eigenvalue weighted by Gasteiger charge is -2.17. The molecule has 0 unspecified atom stereocenters. The van der Waals surface area contributed by atoms with Crippen molar-refractivity contribution >= 4 is 40.6 Å². The Morgan fingerprint density at radius 1 is 1.10 bits per heavy atom. The number of amides is 1. The van der Waals surface area contributed by atoms with Crippen LogP contribution in [0.4, 0.5) is 11.4 Å². The second-order valence-electron chi connectivity index (χ2n) is 6.31. The summed E-state index contributed by atoms with van der Waals surface area (Å²) in [5.74, 6) is -1.68. The molecular weight excluding hydrogens is 388 g/mol. The predicted octanol–water partition coefficient (Wildman–Crippen LogP) is 0.370. The minimum atomic E-state index is -1.27. The number of nitrogens with one attached hydrogen (secondary N) is 3. The fourth-order valence-electron chi connectivity index (χ4n) is 2.58. The second-order valence-corrected chi connectivity index (χ2v) is 6.72. The van der Waals surface area contributed by atoms with Gasteiger partial charge in [0.1, 0.15) is 12.6 Å². The Morgan fingerprint density at radius 2 is 1.79 bits per heavy atom. The van der Waals surface area contributed by atoms with Crippen molar-refractivity contribution in [1.82, 2.24) is 5.32 Å². The molecule has 8 heteroatoms. The molecule has 0 spiro atoms. The lowest BCUT2D eigenvalue weighted by atomic mass is 10.1. The van der Waals surface area contributed by atoms with Gasteiger partial charge in [-0.05, 0) is 30.4 Å². The average molecular weight is 413 g/mol. The average Bonchev–Trinajstić information content (AvgIpc) is 2.70. The summed E-state index contributed by atoms with van der Waals surface area (Å²) in [6, 6.07) is 15.4. The summed E-state index contributed by atoms with van der Waals surface area (Å²) in [4.78, 5) is 23.7. The lowest BCUT2D eigenvalue weighted by molar-refractivity contribution is -0.697. The van der Waals surface area contributed by atoms with Crippen LogP contribution in [0.2, 0.25) is 0 Å². The minimum absolute atomic E-state index is 0.202. The fraction of sp³-hybridized carbons (Fsp3) is 0.190. The highest BCUT2D eigenvalue weighted by molar-refractivity contribution is 7.80. The Labute approximate surface area is 175 Å². The molecule has 2 rings (SSSR count). The van der Waals surface area contributed by atoms with Crippen molar-refractivity contribution in [3.05, 3.63) is 72.8 Å². The predicted molar refractivity (Wildman–Crippen MR) is 115 cm³/mol. The van der Waals surface area contributed by atoms with Crippen LogP contribution >= 0.6 is 12.2 Å². The van der Waals surface area contributed by atoms with E-state index in [2.05, 4.69) is 22.5 Å². The zero-order chi connectivity index (χ0) is 21.1. The van der Waals surface area contributed by atoms with Crippen molar-refractivity contribution < 1.29 is 20.0 Å². The molecule has 0 heterocycles. The summed E-state index contributed by atoms with van der Waals surface area (Å²) in [7, 11) is 0. The number of nitrogens with two attached hydrogens (primary N) is 1. The van der Waals surface area contributed by atoms with Crippen molar-refractivity contribution in [3.8, 4) is 0 Å². The molecule has 0 bridgehead atoms. The summed E-state index contributed by atoms with van der Waals surface area (Å²) in [6.45, 7) is 4.59. The van der Waals surface area contributed by atoms with E-state index in [4.69, 9.17) is 12.2 Å². The molecule has 7 nitrogen and oxygen atoms in total. The number of benzene rings is 2. The molecule has 0 aromatic heterocycles. The minimum Gasteiger partial charge on any atom is -0.544 e. The first-order valence-electron chi connectivity index (χ1n) is 9.11. The molecule has 0 aliphatic heterocycles. The third-order valence-corrected chi connectivity index (χ3v) is 4.25. The van der Waals surface area contributed by atoms with Gasteiger partial charge in [0, 0.05) is 23.5 Å². The smallest absolute Gasteiger partial charge is 0.230 e. The van der Waals surface area contributed by atoms with Crippen molar-refractivity contribution in [2.45, 2.75) is 19.0 Å². The van der Waals surface area contributed by atoms with Gasteiger partial charge in [0.25, 0.3) is 0 Å². The number of carbonyl (C=O) groups excluding carboxylic acids is 2. The molecule has 0 fully saturated rings. The molecule has 0 aliphatic rings. The molecule has 0 saturated carbocycles. The number of carboxylic acid groups (broad SMARTS) is 1. The number of aliphatic carboxylic acids is 1. The molecule has 1 amide bonds. The van der Waals surface area contributed by atoms with E-state index in [1.165, 1.54) is 0 Å². The van der Waals surface area contributed by atoms with Gasteiger partial charge in [-0.1, -0.05) is 42.5 Å². The van der Waals surface area contributed by atoms with Crippen LogP contribution in [-0.2, 0) is 16.1 Å². The van der Waals surface area contributed by atoms with E-state index in [0.717, 1.165) is 5.56 Å². The highest BCUT2D eigenvalue weighted by Gasteiger charge is 2.18. The second kappa shape index (κ2) is 11.6. The van der Waals surface area contributed by atoms with Crippen LogP contribution < -0.4 is 26.4 Å². The van der Waals surface area contributed by atoms with E-state index in [1.807, 2.05) is 30.3 Å². The quantitative estimate of drug-likeness (QED) is 0.332. The van der Waals surface area contributed by atoms with Gasteiger partial charge in [0.05, 0.1) is 12.4 Å². The molecule has 152 valence electrons.